The Morgan fingerprint density at radius 3 is 2.26 bits per heavy atom. The molecule has 0 bridgehead atoms. The molecule has 1 aromatic carbocycles. The molecule has 1 heterocycles. The Bertz CT molecular complexity index is 769. The Morgan fingerprint density at radius 2 is 1.68 bits per heavy atom. The summed E-state index contributed by atoms with van der Waals surface area (Å²) in [5.74, 6) is -0.431. The van der Waals surface area contributed by atoms with Gasteiger partial charge >= 0.3 is 0 Å². The van der Waals surface area contributed by atoms with Gasteiger partial charge in [0.05, 0.1) is 6.10 Å². The van der Waals surface area contributed by atoms with Gasteiger partial charge in [0.2, 0.25) is 0 Å². The number of benzene rings is 1. The van der Waals surface area contributed by atoms with Crippen molar-refractivity contribution in [2.24, 2.45) is 0 Å². The minimum atomic E-state index is -1.51. The molecule has 0 radical (unpaired) electrons. The van der Waals surface area contributed by atoms with Gasteiger partial charge in [0.1, 0.15) is 5.69 Å². The number of aromatic amines is 1. The molecule has 0 saturated heterocycles. The molecule has 6 nitrogen and oxygen atoms in total. The average molecular weight is 430 g/mol. The fraction of sp³-hybridized carbons (Fsp3) is 0.600. The van der Waals surface area contributed by atoms with Crippen LogP contribution in [0.15, 0.2) is 30.3 Å². The summed E-state index contributed by atoms with van der Waals surface area (Å²) in [5, 5.41) is 16.9. The van der Waals surface area contributed by atoms with Gasteiger partial charge in [0.25, 0.3) is 5.91 Å². The van der Waals surface area contributed by atoms with Gasteiger partial charge in [-0.15, -0.1) is 0 Å². The van der Waals surface area contributed by atoms with Crippen molar-refractivity contribution in [3.05, 3.63) is 36.0 Å². The third kappa shape index (κ3) is 7.78. The van der Waals surface area contributed by atoms with Crippen molar-refractivity contribution in [3.63, 3.8) is 0 Å². The molecule has 2 atom stereocenters. The summed E-state index contributed by atoms with van der Waals surface area (Å²) in [6.07, 6.45) is 11.8. The molecule has 0 aliphatic carbocycles. The largest absolute Gasteiger partial charge is 0.389 e. The van der Waals surface area contributed by atoms with Crippen LogP contribution in [0.5, 0.6) is 0 Å². The molecule has 6 heteroatoms. The fourth-order valence-electron chi connectivity index (χ4n) is 3.82. The number of nitrogens with one attached hydrogen (secondary N) is 3. The smallest absolute Gasteiger partial charge is 0.269 e. The molecular weight excluding hydrogens is 390 g/mol. The van der Waals surface area contributed by atoms with E-state index in [1.54, 1.807) is 6.07 Å². The molecule has 4 N–H and O–H groups in total. The summed E-state index contributed by atoms with van der Waals surface area (Å²) in [6, 6.07) is 9.33. The predicted octanol–water partition coefficient (Wildman–Crippen LogP) is 4.68. The third-order valence-corrected chi connectivity index (χ3v) is 5.89. The number of amides is 1. The molecular formula is C25H39N3O3. The molecule has 2 rings (SSSR count). The van der Waals surface area contributed by atoms with E-state index in [9.17, 15) is 14.7 Å². The summed E-state index contributed by atoms with van der Waals surface area (Å²) < 4.78 is 0. The van der Waals surface area contributed by atoms with Crippen molar-refractivity contribution in [1.82, 2.24) is 15.6 Å². The molecule has 0 unspecified atom stereocenters. The number of aliphatic hydroxyl groups is 1. The van der Waals surface area contributed by atoms with Crippen LogP contribution in [0, 0.1) is 0 Å². The summed E-state index contributed by atoms with van der Waals surface area (Å²) in [5.41, 5.74) is -0.304. The number of aliphatic hydroxyl groups excluding tert-OH is 1. The third-order valence-electron chi connectivity index (χ3n) is 5.89. The maximum atomic E-state index is 12.7. The van der Waals surface area contributed by atoms with Crippen LogP contribution in [0.3, 0.4) is 0 Å². The quantitative estimate of drug-likeness (QED) is 0.177. The number of hydrogen-bond donors (Lipinski definition) is 4. The van der Waals surface area contributed by atoms with E-state index in [4.69, 9.17) is 0 Å². The molecule has 1 aromatic heterocycles. The monoisotopic (exact) mass is 429 g/mol. The lowest BCUT2D eigenvalue weighted by atomic mass is 10.0. The second-order valence-corrected chi connectivity index (χ2v) is 8.50. The van der Waals surface area contributed by atoms with Crippen LogP contribution in [0.1, 0.15) is 88.5 Å². The fourth-order valence-corrected chi connectivity index (χ4v) is 3.82. The lowest BCUT2D eigenvalue weighted by Gasteiger charge is -2.33. The molecule has 1 amide bonds. The highest BCUT2D eigenvalue weighted by atomic mass is 16.3. The number of carbonyl (C=O) groups is 2. The second kappa shape index (κ2) is 13.3. The second-order valence-electron chi connectivity index (χ2n) is 8.50. The van der Waals surface area contributed by atoms with Crippen molar-refractivity contribution in [3.8, 4) is 0 Å². The lowest BCUT2D eigenvalue weighted by Crippen LogP contribution is -2.66. The first kappa shape index (κ1) is 25.1. The van der Waals surface area contributed by atoms with Gasteiger partial charge in [-0.2, -0.15) is 0 Å². The van der Waals surface area contributed by atoms with E-state index < -0.39 is 17.7 Å². The van der Waals surface area contributed by atoms with E-state index in [2.05, 4.69) is 22.5 Å². The predicted molar refractivity (Wildman–Crippen MR) is 126 cm³/mol. The highest BCUT2D eigenvalue weighted by Crippen LogP contribution is 2.16. The molecule has 0 fully saturated rings. The molecule has 172 valence electrons. The average Bonchev–Trinajstić information content (AvgIpc) is 3.21. The molecule has 31 heavy (non-hydrogen) atoms. The summed E-state index contributed by atoms with van der Waals surface area (Å²) >= 11 is 0. The van der Waals surface area contributed by atoms with Crippen LogP contribution in [0.2, 0.25) is 0 Å². The number of rotatable bonds is 16. The molecule has 0 aliphatic rings. The number of aromatic nitrogens is 1. The highest BCUT2D eigenvalue weighted by molar-refractivity contribution is 5.99. The van der Waals surface area contributed by atoms with E-state index >= 15 is 0 Å². The van der Waals surface area contributed by atoms with E-state index in [1.165, 1.54) is 58.3 Å². The Balaban J connectivity index is 1.77. The van der Waals surface area contributed by atoms with Crippen molar-refractivity contribution in [1.29, 1.82) is 0 Å². The summed E-state index contributed by atoms with van der Waals surface area (Å²) in [7, 11) is 0. The van der Waals surface area contributed by atoms with Crippen molar-refractivity contribution in [2.75, 3.05) is 6.54 Å². The lowest BCUT2D eigenvalue weighted by molar-refractivity contribution is -0.118. The van der Waals surface area contributed by atoms with Crippen LogP contribution in [0.4, 0.5) is 0 Å². The number of unbranched alkanes of at least 4 members (excludes halogenated alkanes) is 9. The Hall–Kier alpha value is -2.18. The van der Waals surface area contributed by atoms with Crippen LogP contribution >= 0.6 is 0 Å². The molecule has 0 saturated carbocycles. The van der Waals surface area contributed by atoms with Crippen molar-refractivity contribution >= 4 is 23.1 Å². The highest BCUT2D eigenvalue weighted by Gasteiger charge is 2.36. The van der Waals surface area contributed by atoms with Gasteiger partial charge < -0.3 is 15.4 Å². The number of hydrogen-bond acceptors (Lipinski definition) is 4. The van der Waals surface area contributed by atoms with Gasteiger partial charge in [0, 0.05) is 10.9 Å². The van der Waals surface area contributed by atoms with Gasteiger partial charge in [-0.1, -0.05) is 82.9 Å². The first-order valence-corrected chi connectivity index (χ1v) is 11.8. The minimum absolute atomic E-state index is 0.355. The van der Waals surface area contributed by atoms with E-state index in [-0.39, 0.29) is 0 Å². The van der Waals surface area contributed by atoms with E-state index in [0.29, 0.717) is 18.5 Å². The first-order valence-electron chi connectivity index (χ1n) is 11.8. The first-order chi connectivity index (χ1) is 15.0. The SMILES string of the molecule is CCCCCCCCCCCCN[C@](C=O)(NC(=O)c1cc2ccccc2[nH]1)[C@@H](C)O. The summed E-state index contributed by atoms with van der Waals surface area (Å²) in [6.45, 7) is 4.29. The van der Waals surface area contributed by atoms with Gasteiger partial charge in [-0.3, -0.25) is 14.9 Å². The van der Waals surface area contributed by atoms with Crippen LogP contribution < -0.4 is 10.6 Å². The van der Waals surface area contributed by atoms with E-state index in [0.717, 1.165) is 23.7 Å². The Morgan fingerprint density at radius 1 is 1.06 bits per heavy atom. The number of carbonyl (C=O) groups excluding carboxylic acids is 2. The van der Waals surface area contributed by atoms with Gasteiger partial charge in [0.15, 0.2) is 11.9 Å². The number of H-pyrrole nitrogens is 1. The number of aldehydes is 1. The molecule has 0 spiro atoms. The van der Waals surface area contributed by atoms with Crippen molar-refractivity contribution < 1.29 is 14.7 Å². The zero-order valence-corrected chi connectivity index (χ0v) is 19.1. The molecule has 2 aromatic rings. The van der Waals surface area contributed by atoms with Crippen LogP contribution in [0.25, 0.3) is 10.9 Å². The molecule has 0 aliphatic heterocycles. The number of para-hydroxylation sites is 1. The normalized spacial score (nSPS) is 14.3. The number of fused-ring (bicyclic) bond motifs is 1. The van der Waals surface area contributed by atoms with Crippen molar-refractivity contribution in [2.45, 2.75) is 89.8 Å². The van der Waals surface area contributed by atoms with Crippen LogP contribution in [-0.2, 0) is 4.79 Å². The maximum absolute atomic E-state index is 12.7. The van der Waals surface area contributed by atoms with Gasteiger partial charge in [-0.05, 0) is 32.0 Å². The van der Waals surface area contributed by atoms with Gasteiger partial charge in [-0.25, -0.2) is 0 Å². The van der Waals surface area contributed by atoms with Crippen LogP contribution in [-0.4, -0.2) is 40.6 Å². The Labute approximate surface area is 186 Å². The zero-order valence-electron chi connectivity index (χ0n) is 19.1. The van der Waals surface area contributed by atoms with E-state index in [1.807, 2.05) is 24.3 Å². The Kier molecular flexibility index (Phi) is 10.7. The topological polar surface area (TPSA) is 94.2 Å². The minimum Gasteiger partial charge on any atom is -0.389 e. The standard InChI is InChI=1S/C25H39N3O3/c1-3-4-5-6-7-8-9-10-11-14-17-26-25(19-29,20(2)30)28-24(31)23-18-21-15-12-13-16-22(21)27-23/h12-13,15-16,18-20,26-27,30H,3-11,14,17H2,1-2H3,(H,28,31)/t20-,25-/m1/s1. The zero-order chi connectivity index (χ0) is 22.5. The maximum Gasteiger partial charge on any atom is 0.269 e. The summed E-state index contributed by atoms with van der Waals surface area (Å²) in [4.78, 5) is 27.7.